The molecule has 0 saturated heterocycles. The van der Waals surface area contributed by atoms with Crippen molar-refractivity contribution in [2.45, 2.75) is 45.4 Å². The second-order valence-corrected chi connectivity index (χ2v) is 4.11. The maximum Gasteiger partial charge on any atom is 0.233 e. The Bertz CT molecular complexity index is 179. The summed E-state index contributed by atoms with van der Waals surface area (Å²) in [6, 6.07) is 0. The average molecular weight is 239 g/mol. The monoisotopic (exact) mass is 238 g/mol. The third-order valence-corrected chi connectivity index (χ3v) is 2.67. The maximum atomic E-state index is 10.8. The molecule has 0 aromatic carbocycles. The van der Waals surface area contributed by atoms with Crippen molar-refractivity contribution < 1.29 is 9.59 Å². The van der Waals surface area contributed by atoms with E-state index < -0.39 is 16.4 Å². The van der Waals surface area contributed by atoms with Gasteiger partial charge >= 0.3 is 0 Å². The van der Waals surface area contributed by atoms with E-state index in [2.05, 4.69) is 6.92 Å². The lowest BCUT2D eigenvalue weighted by Crippen LogP contribution is -2.15. The molecule has 0 aliphatic heterocycles. The Kier molecular flexibility index (Phi) is 8.20. The van der Waals surface area contributed by atoms with Crippen LogP contribution in [-0.2, 0) is 9.59 Å². The van der Waals surface area contributed by atoms with E-state index in [0.29, 0.717) is 6.42 Å². The summed E-state index contributed by atoms with van der Waals surface area (Å²) in [6.45, 7) is 2.13. The number of hydrogen-bond donors (Lipinski definition) is 0. The van der Waals surface area contributed by atoms with Gasteiger partial charge in [0, 0.05) is 0 Å². The molecular weight excluding hydrogens is 223 g/mol. The predicted molar refractivity (Wildman–Crippen MR) is 58.6 cm³/mol. The van der Waals surface area contributed by atoms with Gasteiger partial charge in [-0.2, -0.15) is 0 Å². The van der Waals surface area contributed by atoms with Gasteiger partial charge in [-0.25, -0.2) is 0 Å². The minimum Gasteiger partial charge on any atom is -0.280 e. The van der Waals surface area contributed by atoms with Crippen LogP contribution in [0, 0.1) is 5.92 Å². The Morgan fingerprint density at radius 2 is 1.50 bits per heavy atom. The van der Waals surface area contributed by atoms with Gasteiger partial charge in [-0.15, -0.1) is 0 Å². The van der Waals surface area contributed by atoms with Crippen LogP contribution >= 0.6 is 23.2 Å². The van der Waals surface area contributed by atoms with Gasteiger partial charge < -0.3 is 0 Å². The third-order valence-electron chi connectivity index (χ3n) is 2.14. The Balaban J connectivity index is 3.62. The molecule has 0 aromatic heterocycles. The second-order valence-electron chi connectivity index (χ2n) is 3.36. The van der Waals surface area contributed by atoms with Crippen LogP contribution in [0.1, 0.15) is 45.4 Å². The quantitative estimate of drug-likeness (QED) is 0.369. The highest BCUT2D eigenvalue weighted by Gasteiger charge is 2.22. The van der Waals surface area contributed by atoms with E-state index in [1.54, 1.807) is 0 Å². The van der Waals surface area contributed by atoms with Gasteiger partial charge in [0.25, 0.3) is 0 Å². The Labute approximate surface area is 95.0 Å². The van der Waals surface area contributed by atoms with Crippen LogP contribution in [0.5, 0.6) is 0 Å². The van der Waals surface area contributed by atoms with Gasteiger partial charge in [0.15, 0.2) is 0 Å². The van der Waals surface area contributed by atoms with Crippen molar-refractivity contribution in [3.63, 3.8) is 0 Å². The van der Waals surface area contributed by atoms with E-state index in [1.807, 2.05) is 0 Å². The van der Waals surface area contributed by atoms with Crippen molar-refractivity contribution in [1.29, 1.82) is 0 Å². The van der Waals surface area contributed by atoms with Gasteiger partial charge in [0.1, 0.15) is 5.92 Å². The molecule has 2 nitrogen and oxygen atoms in total. The zero-order valence-electron chi connectivity index (χ0n) is 8.39. The molecule has 0 fully saturated rings. The zero-order chi connectivity index (χ0) is 11.0. The largest absolute Gasteiger partial charge is 0.280 e. The molecule has 0 N–H and O–H groups in total. The fourth-order valence-electron chi connectivity index (χ4n) is 1.27. The standard InChI is InChI=1S/C10H16Cl2O2/c1-2-3-4-5-6-7-8(9(11)13)10(12)14/h8H,2-7H2,1H3. The molecule has 14 heavy (non-hydrogen) atoms. The number of hydrogen-bond acceptors (Lipinski definition) is 2. The van der Waals surface area contributed by atoms with E-state index in [4.69, 9.17) is 23.2 Å². The topological polar surface area (TPSA) is 34.1 Å². The molecule has 0 amide bonds. The van der Waals surface area contributed by atoms with E-state index in [9.17, 15) is 9.59 Å². The van der Waals surface area contributed by atoms with Crippen LogP contribution in [0.15, 0.2) is 0 Å². The van der Waals surface area contributed by atoms with Crippen molar-refractivity contribution in [2.75, 3.05) is 0 Å². The Hall–Kier alpha value is -0.0800. The predicted octanol–water partition coefficient (Wildman–Crippen LogP) is 3.49. The van der Waals surface area contributed by atoms with Gasteiger partial charge in [0.05, 0.1) is 0 Å². The molecule has 0 aliphatic rings. The van der Waals surface area contributed by atoms with E-state index >= 15 is 0 Å². The van der Waals surface area contributed by atoms with E-state index in [0.717, 1.165) is 19.3 Å². The SMILES string of the molecule is CCCCCCCC(C(=O)Cl)C(=O)Cl. The fourth-order valence-corrected chi connectivity index (χ4v) is 1.74. The highest BCUT2D eigenvalue weighted by Crippen LogP contribution is 2.16. The normalized spacial score (nSPS) is 10.6. The zero-order valence-corrected chi connectivity index (χ0v) is 9.90. The molecule has 82 valence electrons. The Morgan fingerprint density at radius 1 is 1.00 bits per heavy atom. The van der Waals surface area contributed by atoms with E-state index in [-0.39, 0.29) is 0 Å². The molecule has 0 unspecified atom stereocenters. The summed E-state index contributed by atoms with van der Waals surface area (Å²) in [4.78, 5) is 21.5. The number of unbranched alkanes of at least 4 members (excludes halogenated alkanes) is 4. The molecule has 0 spiro atoms. The number of rotatable bonds is 8. The highest BCUT2D eigenvalue weighted by molar-refractivity contribution is 6.73. The summed E-state index contributed by atoms with van der Waals surface area (Å²) in [5, 5.41) is -1.28. The minimum absolute atomic E-state index is 0.481. The highest BCUT2D eigenvalue weighted by atomic mass is 35.5. The lowest BCUT2D eigenvalue weighted by Gasteiger charge is -2.06. The van der Waals surface area contributed by atoms with E-state index in [1.165, 1.54) is 12.8 Å². The van der Waals surface area contributed by atoms with Crippen LogP contribution in [-0.4, -0.2) is 10.5 Å². The molecule has 0 bridgehead atoms. The average Bonchev–Trinajstić information content (AvgIpc) is 2.09. The molecule has 4 heteroatoms. The van der Waals surface area contributed by atoms with Crippen LogP contribution in [0.3, 0.4) is 0 Å². The van der Waals surface area contributed by atoms with Crippen molar-refractivity contribution in [3.05, 3.63) is 0 Å². The summed E-state index contributed by atoms with van der Waals surface area (Å²) >= 11 is 10.5. The first-order valence-corrected chi connectivity index (χ1v) is 5.73. The lowest BCUT2D eigenvalue weighted by atomic mass is 10.0. The second kappa shape index (κ2) is 8.25. The third kappa shape index (κ3) is 6.39. The van der Waals surface area contributed by atoms with Gasteiger partial charge in [-0.1, -0.05) is 39.0 Å². The Morgan fingerprint density at radius 3 is 1.93 bits per heavy atom. The summed E-state index contributed by atoms with van der Waals surface area (Å²) < 4.78 is 0. The molecular formula is C10H16Cl2O2. The van der Waals surface area contributed by atoms with Crippen molar-refractivity contribution in [2.24, 2.45) is 5.92 Å². The van der Waals surface area contributed by atoms with Crippen molar-refractivity contribution >= 4 is 33.7 Å². The minimum atomic E-state index is -0.806. The van der Waals surface area contributed by atoms with Crippen LogP contribution in [0.4, 0.5) is 0 Å². The van der Waals surface area contributed by atoms with Crippen molar-refractivity contribution in [3.8, 4) is 0 Å². The van der Waals surface area contributed by atoms with Crippen molar-refractivity contribution in [1.82, 2.24) is 0 Å². The maximum absolute atomic E-state index is 10.8. The lowest BCUT2D eigenvalue weighted by molar-refractivity contribution is -0.124. The molecule has 0 rings (SSSR count). The first-order chi connectivity index (χ1) is 6.59. The molecule has 0 saturated carbocycles. The van der Waals surface area contributed by atoms with Crippen LogP contribution < -0.4 is 0 Å². The van der Waals surface area contributed by atoms with Crippen LogP contribution in [0.2, 0.25) is 0 Å². The number of carbonyl (C=O) groups is 2. The molecule has 0 atom stereocenters. The van der Waals surface area contributed by atoms with Gasteiger partial charge in [-0.3, -0.25) is 9.59 Å². The molecule has 0 heterocycles. The fraction of sp³-hybridized carbons (Fsp3) is 0.800. The number of carbonyl (C=O) groups excluding carboxylic acids is 2. The summed E-state index contributed by atoms with van der Waals surface area (Å²) in [7, 11) is 0. The molecule has 0 aliphatic carbocycles. The van der Waals surface area contributed by atoms with Gasteiger partial charge in [0.2, 0.25) is 10.5 Å². The smallest absolute Gasteiger partial charge is 0.233 e. The number of halogens is 2. The summed E-state index contributed by atoms with van der Waals surface area (Å²) in [5.41, 5.74) is 0. The first kappa shape index (κ1) is 13.9. The molecule has 0 radical (unpaired) electrons. The van der Waals surface area contributed by atoms with Crippen LogP contribution in [0.25, 0.3) is 0 Å². The summed E-state index contributed by atoms with van der Waals surface area (Å²) in [5.74, 6) is -0.806. The summed E-state index contributed by atoms with van der Waals surface area (Å²) in [6.07, 6.45) is 5.84. The first-order valence-electron chi connectivity index (χ1n) is 4.98. The molecule has 0 aromatic rings. The van der Waals surface area contributed by atoms with Gasteiger partial charge in [-0.05, 0) is 29.6 Å².